The summed E-state index contributed by atoms with van der Waals surface area (Å²) >= 11 is 0. The van der Waals surface area contributed by atoms with Crippen molar-refractivity contribution in [3.8, 4) is 35.5 Å². The third kappa shape index (κ3) is 4.14. The van der Waals surface area contributed by atoms with Gasteiger partial charge in [-0.3, -0.25) is 4.90 Å². The van der Waals surface area contributed by atoms with Gasteiger partial charge < -0.3 is 19.7 Å². The number of rotatable bonds is 4. The molecule has 7 heterocycles. The summed E-state index contributed by atoms with van der Waals surface area (Å²) in [4.78, 5) is 18.6. The standard InChI is InChI=1S/C36H33F3N6O2/c1-4-23-25(38)10-8-20-6-5-7-24(27(20)23)30-29(39)31-28-33(45-16-22-9-11-26(40-22)32(45)19(3)47-34(28)41-30)43-35(42-31)46-17-36-14-21(37)15-44(36)13-12-18(36)2/h1,5-8,10,19,21-22,26,32,40H,2,9,11-17H2,3H3/t19-,21+,22+,26-,32+,36-/m0/s1. The number of fused-ring (bicyclic) bond motifs is 7. The molecule has 0 spiro atoms. The van der Waals surface area contributed by atoms with Crippen LogP contribution in [-0.2, 0) is 0 Å². The lowest BCUT2D eigenvalue weighted by molar-refractivity contribution is 0.130. The number of benzene rings is 2. The minimum Gasteiger partial charge on any atom is -0.472 e. The fourth-order valence-corrected chi connectivity index (χ4v) is 8.81. The largest absolute Gasteiger partial charge is 0.472 e. The van der Waals surface area contributed by atoms with E-state index in [0.29, 0.717) is 47.2 Å². The molecule has 5 aliphatic rings. The maximum absolute atomic E-state index is 17.1. The molecule has 0 radical (unpaired) electrons. The first-order valence-corrected chi connectivity index (χ1v) is 16.2. The molecular formula is C36H33F3N6O2. The Hall–Kier alpha value is -4.40. The molecule has 0 unspecified atom stereocenters. The highest BCUT2D eigenvalue weighted by Crippen LogP contribution is 2.46. The second-order valence-electron chi connectivity index (χ2n) is 13.5. The van der Waals surface area contributed by atoms with Gasteiger partial charge in [0.15, 0.2) is 5.82 Å². The van der Waals surface area contributed by atoms with Gasteiger partial charge in [0.25, 0.3) is 0 Å². The number of aromatic nitrogens is 3. The lowest BCUT2D eigenvalue weighted by Crippen LogP contribution is -2.62. The first-order valence-electron chi connectivity index (χ1n) is 16.2. The van der Waals surface area contributed by atoms with E-state index in [0.717, 1.165) is 24.8 Å². The zero-order valence-corrected chi connectivity index (χ0v) is 25.9. The second-order valence-corrected chi connectivity index (χ2v) is 13.5. The van der Waals surface area contributed by atoms with Gasteiger partial charge in [0.2, 0.25) is 5.88 Å². The van der Waals surface area contributed by atoms with E-state index >= 15 is 4.39 Å². The van der Waals surface area contributed by atoms with E-state index in [4.69, 9.17) is 25.9 Å². The van der Waals surface area contributed by atoms with E-state index in [-0.39, 0.29) is 65.9 Å². The van der Waals surface area contributed by atoms with Crippen LogP contribution < -0.4 is 19.7 Å². The van der Waals surface area contributed by atoms with Gasteiger partial charge in [-0.05, 0) is 37.6 Å². The van der Waals surface area contributed by atoms with Crippen molar-refractivity contribution in [3.05, 3.63) is 59.7 Å². The topological polar surface area (TPSA) is 75.6 Å². The lowest BCUT2D eigenvalue weighted by Gasteiger charge is -2.42. The first kappa shape index (κ1) is 28.8. The molecule has 1 N–H and O–H groups in total. The number of alkyl halides is 1. The number of terminal acetylenes is 1. The van der Waals surface area contributed by atoms with Gasteiger partial charge in [-0.25, -0.2) is 18.2 Å². The number of anilines is 1. The number of hydrogen-bond acceptors (Lipinski definition) is 8. The van der Waals surface area contributed by atoms with Crippen LogP contribution in [0.3, 0.4) is 0 Å². The molecule has 0 saturated carbocycles. The van der Waals surface area contributed by atoms with E-state index in [9.17, 15) is 8.78 Å². The molecule has 11 heteroatoms. The van der Waals surface area contributed by atoms with Crippen molar-refractivity contribution in [1.82, 2.24) is 25.2 Å². The van der Waals surface area contributed by atoms with E-state index in [1.165, 1.54) is 6.07 Å². The molecule has 47 heavy (non-hydrogen) atoms. The molecule has 2 aromatic heterocycles. The summed E-state index contributed by atoms with van der Waals surface area (Å²) in [6, 6.07) is 8.41. The molecular weight excluding hydrogens is 605 g/mol. The molecule has 5 aliphatic heterocycles. The number of ether oxygens (including phenoxy) is 2. The number of pyridine rings is 1. The smallest absolute Gasteiger partial charge is 0.319 e. The Bertz CT molecular complexity index is 2050. The van der Waals surface area contributed by atoms with Crippen molar-refractivity contribution in [2.24, 2.45) is 0 Å². The Morgan fingerprint density at radius 1 is 1.15 bits per heavy atom. The van der Waals surface area contributed by atoms with Gasteiger partial charge in [0.05, 0.1) is 17.1 Å². The Morgan fingerprint density at radius 3 is 2.87 bits per heavy atom. The Morgan fingerprint density at radius 2 is 2.02 bits per heavy atom. The monoisotopic (exact) mass is 638 g/mol. The Balaban J connectivity index is 1.25. The minimum absolute atomic E-state index is 0.0155. The van der Waals surface area contributed by atoms with Crippen LogP contribution in [0, 0.1) is 24.0 Å². The van der Waals surface area contributed by atoms with Crippen molar-refractivity contribution < 1.29 is 22.6 Å². The Labute approximate surface area is 270 Å². The summed E-state index contributed by atoms with van der Waals surface area (Å²) in [5.41, 5.74) is 0.524. The third-order valence-electron chi connectivity index (χ3n) is 11.0. The molecule has 4 saturated heterocycles. The maximum Gasteiger partial charge on any atom is 0.319 e. The van der Waals surface area contributed by atoms with Crippen LogP contribution in [0.15, 0.2) is 42.5 Å². The number of hydrogen-bond donors (Lipinski definition) is 1. The van der Waals surface area contributed by atoms with Gasteiger partial charge in [0.1, 0.15) is 47.1 Å². The van der Waals surface area contributed by atoms with Crippen molar-refractivity contribution in [1.29, 1.82) is 0 Å². The van der Waals surface area contributed by atoms with Crippen LogP contribution in [-0.4, -0.2) is 82.0 Å². The van der Waals surface area contributed by atoms with Crippen LogP contribution in [0.25, 0.3) is 32.9 Å². The number of piperazine rings is 1. The van der Waals surface area contributed by atoms with E-state index in [1.54, 1.807) is 24.3 Å². The summed E-state index contributed by atoms with van der Waals surface area (Å²) in [5.74, 6) is 1.82. The third-order valence-corrected chi connectivity index (χ3v) is 11.0. The van der Waals surface area contributed by atoms with Crippen molar-refractivity contribution in [2.75, 3.05) is 31.1 Å². The first-order chi connectivity index (χ1) is 22.8. The number of halogens is 3. The molecule has 240 valence electrons. The molecule has 0 aliphatic carbocycles. The van der Waals surface area contributed by atoms with Gasteiger partial charge in [-0.2, -0.15) is 9.97 Å². The predicted molar refractivity (Wildman–Crippen MR) is 172 cm³/mol. The second kappa shape index (κ2) is 10.3. The molecule has 2 aromatic carbocycles. The van der Waals surface area contributed by atoms with Crippen molar-refractivity contribution >= 4 is 27.5 Å². The summed E-state index contributed by atoms with van der Waals surface area (Å²) in [7, 11) is 0. The molecule has 6 atom stereocenters. The summed E-state index contributed by atoms with van der Waals surface area (Å²) in [6.45, 7) is 8.03. The van der Waals surface area contributed by atoms with Crippen LogP contribution in [0.1, 0.15) is 38.2 Å². The average Bonchev–Trinajstić information content (AvgIpc) is 3.68. The highest BCUT2D eigenvalue weighted by molar-refractivity contribution is 6.03. The summed E-state index contributed by atoms with van der Waals surface area (Å²) in [6.07, 6.45) is 7.47. The van der Waals surface area contributed by atoms with E-state index in [1.807, 2.05) is 6.92 Å². The molecule has 4 aromatic rings. The van der Waals surface area contributed by atoms with Crippen molar-refractivity contribution in [3.63, 3.8) is 0 Å². The summed E-state index contributed by atoms with van der Waals surface area (Å²) in [5, 5.41) is 5.08. The predicted octanol–water partition coefficient (Wildman–Crippen LogP) is 5.32. The molecule has 8 nitrogen and oxygen atoms in total. The van der Waals surface area contributed by atoms with Gasteiger partial charge in [-0.1, -0.05) is 42.3 Å². The summed E-state index contributed by atoms with van der Waals surface area (Å²) < 4.78 is 59.6. The zero-order valence-electron chi connectivity index (χ0n) is 25.9. The maximum atomic E-state index is 17.1. The normalized spacial score (nSPS) is 29.5. The minimum atomic E-state index is -0.986. The zero-order chi connectivity index (χ0) is 32.2. The van der Waals surface area contributed by atoms with E-state index in [2.05, 4.69) is 32.6 Å². The SMILES string of the molecule is C#Cc1c(F)ccc2cccc(-c3nc4c5c(nc(OC[C@]67C[C@@H](F)CN6CCC7=C)nc5c3F)N3C[C@H]5CC[C@H](N5)[C@H]3[C@H](C)O4)c12. The van der Waals surface area contributed by atoms with Crippen LogP contribution >= 0.6 is 0 Å². The number of nitrogens with zero attached hydrogens (tertiary/aromatic N) is 5. The molecule has 4 fully saturated rings. The van der Waals surface area contributed by atoms with Gasteiger partial charge in [-0.15, -0.1) is 6.42 Å². The van der Waals surface area contributed by atoms with Crippen molar-refractivity contribution in [2.45, 2.75) is 68.5 Å². The van der Waals surface area contributed by atoms with Gasteiger partial charge >= 0.3 is 6.01 Å². The molecule has 0 amide bonds. The Kier molecular flexibility index (Phi) is 6.31. The average molecular weight is 639 g/mol. The quantitative estimate of drug-likeness (QED) is 0.238. The van der Waals surface area contributed by atoms with E-state index < -0.39 is 23.3 Å². The molecule has 2 bridgehead atoms. The lowest BCUT2D eigenvalue weighted by atomic mass is 9.90. The van der Waals surface area contributed by atoms with Crippen LogP contribution in [0.5, 0.6) is 11.9 Å². The van der Waals surface area contributed by atoms with Crippen LogP contribution in [0.2, 0.25) is 0 Å². The highest BCUT2D eigenvalue weighted by Gasteiger charge is 2.52. The van der Waals surface area contributed by atoms with Gasteiger partial charge in [0, 0.05) is 49.1 Å². The number of nitrogens with one attached hydrogen (secondary N) is 1. The molecule has 9 rings (SSSR count). The van der Waals surface area contributed by atoms with Crippen LogP contribution in [0.4, 0.5) is 19.0 Å². The highest BCUT2D eigenvalue weighted by atomic mass is 19.1. The fraction of sp³-hybridized carbons (Fsp3) is 0.417. The fourth-order valence-electron chi connectivity index (χ4n) is 8.81.